The standard InChI is InChI=1S/C16H19N5O3/c22-14(9-11-5-2-1-3-6-11)17-16-18-15(19-20-16)12-7-4-8-13(10-12)21(23)24/h4,7-8,10-11H,1-3,5-6,9H2,(H2,17,18,19,20,22). The Morgan fingerprint density at radius 2 is 2.12 bits per heavy atom. The predicted molar refractivity (Wildman–Crippen MR) is 88.3 cm³/mol. The van der Waals surface area contributed by atoms with Crippen LogP contribution in [0.4, 0.5) is 11.6 Å². The highest BCUT2D eigenvalue weighted by atomic mass is 16.6. The van der Waals surface area contributed by atoms with Crippen molar-refractivity contribution in [2.24, 2.45) is 5.92 Å². The van der Waals surface area contributed by atoms with Crippen LogP contribution in [0.1, 0.15) is 38.5 Å². The summed E-state index contributed by atoms with van der Waals surface area (Å²) in [5, 5.41) is 20.2. The van der Waals surface area contributed by atoms with Gasteiger partial charge in [0.15, 0.2) is 5.82 Å². The number of hydrogen-bond acceptors (Lipinski definition) is 5. The third kappa shape index (κ3) is 3.95. The Morgan fingerprint density at radius 3 is 2.88 bits per heavy atom. The van der Waals surface area contributed by atoms with E-state index in [1.165, 1.54) is 31.4 Å². The Kier molecular flexibility index (Phi) is 4.83. The third-order valence-electron chi connectivity index (χ3n) is 4.27. The number of nitrogens with zero attached hydrogens (tertiary/aromatic N) is 3. The number of benzene rings is 1. The van der Waals surface area contributed by atoms with Crippen molar-refractivity contribution in [1.82, 2.24) is 15.2 Å². The minimum atomic E-state index is -0.466. The summed E-state index contributed by atoms with van der Waals surface area (Å²) in [7, 11) is 0. The van der Waals surface area contributed by atoms with Crippen LogP contribution in [0.15, 0.2) is 24.3 Å². The molecule has 8 heteroatoms. The average Bonchev–Trinajstić information content (AvgIpc) is 3.04. The molecule has 8 nitrogen and oxygen atoms in total. The van der Waals surface area contributed by atoms with Gasteiger partial charge in [0.1, 0.15) is 0 Å². The van der Waals surface area contributed by atoms with E-state index in [0.29, 0.717) is 23.7 Å². The Bertz CT molecular complexity index is 737. The van der Waals surface area contributed by atoms with Crippen LogP contribution in [-0.4, -0.2) is 26.0 Å². The summed E-state index contributed by atoms with van der Waals surface area (Å²) >= 11 is 0. The van der Waals surface area contributed by atoms with Gasteiger partial charge in [-0.05, 0) is 18.8 Å². The molecule has 24 heavy (non-hydrogen) atoms. The SMILES string of the molecule is O=C(CC1CCCCC1)Nc1n[nH]c(-c2cccc([N+](=O)[O-])c2)n1. The van der Waals surface area contributed by atoms with Gasteiger partial charge in [-0.1, -0.05) is 31.4 Å². The number of carbonyl (C=O) groups is 1. The number of rotatable bonds is 5. The Balaban J connectivity index is 1.63. The highest BCUT2D eigenvalue weighted by Crippen LogP contribution is 2.26. The topological polar surface area (TPSA) is 114 Å². The Morgan fingerprint density at radius 1 is 1.33 bits per heavy atom. The van der Waals surface area contributed by atoms with Crippen molar-refractivity contribution in [3.63, 3.8) is 0 Å². The molecule has 1 fully saturated rings. The zero-order chi connectivity index (χ0) is 16.9. The molecular formula is C16H19N5O3. The molecule has 2 aromatic rings. The molecule has 3 rings (SSSR count). The highest BCUT2D eigenvalue weighted by molar-refractivity contribution is 5.89. The summed E-state index contributed by atoms with van der Waals surface area (Å²) in [4.78, 5) is 26.6. The molecule has 0 aliphatic heterocycles. The molecule has 1 heterocycles. The van der Waals surface area contributed by atoms with Crippen molar-refractivity contribution >= 4 is 17.5 Å². The number of hydrogen-bond donors (Lipinski definition) is 2. The third-order valence-corrected chi connectivity index (χ3v) is 4.27. The van der Waals surface area contributed by atoms with Crippen molar-refractivity contribution in [3.8, 4) is 11.4 Å². The first-order valence-electron chi connectivity index (χ1n) is 8.09. The van der Waals surface area contributed by atoms with E-state index in [4.69, 9.17) is 0 Å². The Hall–Kier alpha value is -2.77. The van der Waals surface area contributed by atoms with Gasteiger partial charge in [-0.3, -0.25) is 25.3 Å². The lowest BCUT2D eigenvalue weighted by Gasteiger charge is -2.20. The van der Waals surface area contributed by atoms with Gasteiger partial charge in [0.25, 0.3) is 5.69 Å². The van der Waals surface area contributed by atoms with Crippen molar-refractivity contribution in [1.29, 1.82) is 0 Å². The van der Waals surface area contributed by atoms with Gasteiger partial charge >= 0.3 is 0 Å². The molecule has 0 saturated heterocycles. The summed E-state index contributed by atoms with van der Waals surface area (Å²) in [5.74, 6) is 0.921. The van der Waals surface area contributed by atoms with E-state index in [9.17, 15) is 14.9 Å². The van der Waals surface area contributed by atoms with Crippen LogP contribution in [-0.2, 0) is 4.79 Å². The molecule has 1 aliphatic carbocycles. The maximum atomic E-state index is 12.1. The molecule has 2 N–H and O–H groups in total. The van der Waals surface area contributed by atoms with E-state index in [-0.39, 0.29) is 17.5 Å². The number of amides is 1. The number of carbonyl (C=O) groups excluding carboxylic acids is 1. The molecule has 126 valence electrons. The van der Waals surface area contributed by atoms with Crippen LogP contribution in [0, 0.1) is 16.0 Å². The first-order chi connectivity index (χ1) is 11.6. The van der Waals surface area contributed by atoms with Crippen molar-refractivity contribution in [2.45, 2.75) is 38.5 Å². The molecule has 0 spiro atoms. The van der Waals surface area contributed by atoms with Crippen LogP contribution >= 0.6 is 0 Å². The van der Waals surface area contributed by atoms with Crippen LogP contribution < -0.4 is 5.32 Å². The summed E-state index contributed by atoms with van der Waals surface area (Å²) in [5.41, 5.74) is 0.524. The highest BCUT2D eigenvalue weighted by Gasteiger charge is 2.18. The number of nitro groups is 1. The summed E-state index contributed by atoms with van der Waals surface area (Å²) < 4.78 is 0. The number of nitrogens with one attached hydrogen (secondary N) is 2. The number of aromatic nitrogens is 3. The lowest BCUT2D eigenvalue weighted by atomic mass is 9.87. The Labute approximate surface area is 138 Å². The minimum absolute atomic E-state index is 0.0215. The number of anilines is 1. The fourth-order valence-electron chi connectivity index (χ4n) is 3.04. The quantitative estimate of drug-likeness (QED) is 0.645. The maximum absolute atomic E-state index is 12.1. The van der Waals surface area contributed by atoms with E-state index in [1.807, 2.05) is 0 Å². The molecule has 0 radical (unpaired) electrons. The molecule has 0 bridgehead atoms. The van der Waals surface area contributed by atoms with E-state index in [1.54, 1.807) is 12.1 Å². The van der Waals surface area contributed by atoms with E-state index in [0.717, 1.165) is 12.8 Å². The van der Waals surface area contributed by atoms with Crippen LogP contribution in [0.25, 0.3) is 11.4 Å². The second-order valence-electron chi connectivity index (χ2n) is 6.07. The van der Waals surface area contributed by atoms with Gasteiger partial charge in [-0.25, -0.2) is 0 Å². The second kappa shape index (κ2) is 7.20. The van der Waals surface area contributed by atoms with Gasteiger partial charge in [0.2, 0.25) is 11.9 Å². The number of aromatic amines is 1. The first kappa shape index (κ1) is 16.1. The smallest absolute Gasteiger partial charge is 0.270 e. The van der Waals surface area contributed by atoms with Crippen molar-refractivity contribution < 1.29 is 9.72 Å². The number of H-pyrrole nitrogens is 1. The predicted octanol–water partition coefficient (Wildman–Crippen LogP) is 3.29. The summed E-state index contributed by atoms with van der Waals surface area (Å²) in [6, 6.07) is 6.10. The van der Waals surface area contributed by atoms with Gasteiger partial charge in [0, 0.05) is 24.1 Å². The van der Waals surface area contributed by atoms with Crippen LogP contribution in [0.3, 0.4) is 0 Å². The number of nitro benzene ring substituents is 1. The van der Waals surface area contributed by atoms with E-state index < -0.39 is 4.92 Å². The van der Waals surface area contributed by atoms with Gasteiger partial charge < -0.3 is 0 Å². The van der Waals surface area contributed by atoms with Gasteiger partial charge in [-0.15, -0.1) is 5.10 Å². The number of non-ortho nitro benzene ring substituents is 1. The molecule has 1 aromatic carbocycles. The van der Waals surface area contributed by atoms with Crippen molar-refractivity contribution in [3.05, 3.63) is 34.4 Å². The first-order valence-corrected chi connectivity index (χ1v) is 8.09. The van der Waals surface area contributed by atoms with Crippen molar-refractivity contribution in [2.75, 3.05) is 5.32 Å². The molecule has 1 amide bonds. The fraction of sp³-hybridized carbons (Fsp3) is 0.438. The van der Waals surface area contributed by atoms with Gasteiger partial charge in [0.05, 0.1) is 4.92 Å². The minimum Gasteiger partial charge on any atom is -0.293 e. The van der Waals surface area contributed by atoms with Gasteiger partial charge in [-0.2, -0.15) is 4.98 Å². The van der Waals surface area contributed by atoms with E-state index in [2.05, 4.69) is 20.5 Å². The van der Waals surface area contributed by atoms with Crippen LogP contribution in [0.5, 0.6) is 0 Å². The molecule has 1 saturated carbocycles. The fourth-order valence-corrected chi connectivity index (χ4v) is 3.04. The largest absolute Gasteiger partial charge is 0.293 e. The summed E-state index contributed by atoms with van der Waals surface area (Å²) in [6.45, 7) is 0. The average molecular weight is 329 g/mol. The van der Waals surface area contributed by atoms with E-state index >= 15 is 0 Å². The molecule has 0 atom stereocenters. The summed E-state index contributed by atoms with van der Waals surface area (Å²) in [6.07, 6.45) is 6.32. The maximum Gasteiger partial charge on any atom is 0.270 e. The molecule has 1 aliphatic rings. The normalized spacial score (nSPS) is 15.2. The second-order valence-corrected chi connectivity index (χ2v) is 6.07. The zero-order valence-corrected chi connectivity index (χ0v) is 13.2. The lowest BCUT2D eigenvalue weighted by molar-refractivity contribution is -0.384. The zero-order valence-electron chi connectivity index (χ0n) is 13.2. The van der Waals surface area contributed by atoms with Crippen LogP contribution in [0.2, 0.25) is 0 Å². The lowest BCUT2D eigenvalue weighted by Crippen LogP contribution is -2.18. The monoisotopic (exact) mass is 329 g/mol. The molecule has 1 aromatic heterocycles. The molecule has 0 unspecified atom stereocenters. The molecular weight excluding hydrogens is 310 g/mol.